The maximum Gasteiger partial charge on any atom is 0.321 e. The van der Waals surface area contributed by atoms with Crippen LogP contribution in [0.5, 0.6) is 11.5 Å². The predicted molar refractivity (Wildman–Crippen MR) is 116 cm³/mol. The summed E-state index contributed by atoms with van der Waals surface area (Å²) in [5.74, 6) is 1.84. The number of para-hydroxylation sites is 1. The van der Waals surface area contributed by atoms with Gasteiger partial charge < -0.3 is 19.7 Å². The van der Waals surface area contributed by atoms with E-state index in [-0.39, 0.29) is 6.03 Å². The molecule has 0 spiro atoms. The lowest BCUT2D eigenvalue weighted by Gasteiger charge is -2.35. The summed E-state index contributed by atoms with van der Waals surface area (Å²) in [5.41, 5.74) is 3.24. The van der Waals surface area contributed by atoms with Crippen LogP contribution in [0.25, 0.3) is 0 Å². The molecule has 0 aromatic heterocycles. The Kier molecular flexibility index (Phi) is 6.99. The van der Waals surface area contributed by atoms with E-state index in [0.29, 0.717) is 19.0 Å². The minimum Gasteiger partial charge on any atom is -0.493 e. The first-order valence-corrected chi connectivity index (χ1v) is 10.1. The van der Waals surface area contributed by atoms with Gasteiger partial charge >= 0.3 is 6.03 Å². The highest BCUT2D eigenvalue weighted by atomic mass is 16.5. The predicted octanol–water partition coefficient (Wildman–Crippen LogP) is 4.18. The first-order valence-electron chi connectivity index (χ1n) is 10.1. The number of nitrogens with one attached hydrogen (secondary N) is 1. The highest BCUT2D eigenvalue weighted by molar-refractivity contribution is 5.90. The third kappa shape index (κ3) is 5.21. The summed E-state index contributed by atoms with van der Waals surface area (Å²) >= 11 is 0. The van der Waals surface area contributed by atoms with Crippen molar-refractivity contribution in [1.29, 1.82) is 0 Å². The van der Waals surface area contributed by atoms with Crippen molar-refractivity contribution < 1.29 is 14.3 Å². The number of benzene rings is 2. The van der Waals surface area contributed by atoms with Crippen LogP contribution in [0.1, 0.15) is 30.9 Å². The van der Waals surface area contributed by atoms with Gasteiger partial charge in [-0.15, -0.1) is 0 Å². The number of carbonyl (C=O) groups is 1. The second kappa shape index (κ2) is 9.65. The Morgan fingerprint density at radius 3 is 2.34 bits per heavy atom. The molecule has 0 atom stereocenters. The van der Waals surface area contributed by atoms with Crippen LogP contribution in [0.15, 0.2) is 42.5 Å². The van der Waals surface area contributed by atoms with E-state index in [1.165, 1.54) is 5.56 Å². The van der Waals surface area contributed by atoms with Crippen LogP contribution in [-0.2, 0) is 6.54 Å². The fourth-order valence-corrected chi connectivity index (χ4v) is 3.65. The van der Waals surface area contributed by atoms with Gasteiger partial charge in [0.05, 0.1) is 14.2 Å². The Morgan fingerprint density at radius 1 is 1.00 bits per heavy atom. The van der Waals surface area contributed by atoms with Crippen molar-refractivity contribution in [2.24, 2.45) is 0 Å². The zero-order valence-electron chi connectivity index (χ0n) is 17.8. The van der Waals surface area contributed by atoms with Gasteiger partial charge in [0.1, 0.15) is 0 Å². The lowest BCUT2D eigenvalue weighted by Crippen LogP contribution is -2.49. The van der Waals surface area contributed by atoms with E-state index in [1.54, 1.807) is 14.2 Å². The van der Waals surface area contributed by atoms with Crippen LogP contribution in [-0.4, -0.2) is 56.2 Å². The molecular weight excluding hydrogens is 366 g/mol. The van der Waals surface area contributed by atoms with Crippen molar-refractivity contribution in [3.05, 3.63) is 53.6 Å². The number of ether oxygens (including phenoxy) is 2. The molecule has 1 saturated heterocycles. The summed E-state index contributed by atoms with van der Waals surface area (Å²) in [5, 5.41) is 3.09. The highest BCUT2D eigenvalue weighted by Gasteiger charge is 2.22. The molecule has 29 heavy (non-hydrogen) atoms. The number of urea groups is 1. The normalized spacial score (nSPS) is 14.7. The van der Waals surface area contributed by atoms with Crippen molar-refractivity contribution in [3.63, 3.8) is 0 Å². The molecule has 6 heteroatoms. The minimum atomic E-state index is -0.0242. The maximum atomic E-state index is 12.7. The summed E-state index contributed by atoms with van der Waals surface area (Å²) in [6, 6.07) is 14.0. The molecule has 6 nitrogen and oxygen atoms in total. The molecule has 1 aliphatic rings. The van der Waals surface area contributed by atoms with Crippen LogP contribution in [0.3, 0.4) is 0 Å². The zero-order chi connectivity index (χ0) is 20.8. The average Bonchev–Trinajstić information content (AvgIpc) is 2.74. The second-order valence-corrected chi connectivity index (χ2v) is 7.62. The number of rotatable bonds is 6. The molecule has 1 fully saturated rings. The maximum absolute atomic E-state index is 12.7. The van der Waals surface area contributed by atoms with Crippen LogP contribution >= 0.6 is 0 Å². The molecule has 0 bridgehead atoms. The Bertz CT molecular complexity index is 830. The van der Waals surface area contributed by atoms with Crippen molar-refractivity contribution in [2.75, 3.05) is 45.7 Å². The molecule has 0 saturated carbocycles. The number of nitrogens with zero attached hydrogens (tertiary/aromatic N) is 2. The standard InChI is InChI=1S/C23H31N3O3/c1-17(2)19-7-5-6-8-20(19)24-23(27)26-13-11-25(12-14-26)16-18-9-10-21(28-3)22(15-18)29-4/h5-10,15,17H,11-14,16H2,1-4H3,(H,24,27). The number of anilines is 1. The van der Waals surface area contributed by atoms with Gasteiger partial charge in [0, 0.05) is 38.4 Å². The number of methoxy groups -OCH3 is 2. The van der Waals surface area contributed by atoms with Gasteiger partial charge in [0.15, 0.2) is 11.5 Å². The molecule has 1 aliphatic heterocycles. The van der Waals surface area contributed by atoms with Gasteiger partial charge in [0.2, 0.25) is 0 Å². The smallest absolute Gasteiger partial charge is 0.321 e. The van der Waals surface area contributed by atoms with Gasteiger partial charge in [-0.05, 0) is 35.2 Å². The largest absolute Gasteiger partial charge is 0.493 e. The van der Waals surface area contributed by atoms with Crippen LogP contribution < -0.4 is 14.8 Å². The highest BCUT2D eigenvalue weighted by Crippen LogP contribution is 2.28. The fraction of sp³-hybridized carbons (Fsp3) is 0.435. The van der Waals surface area contributed by atoms with Crippen molar-refractivity contribution in [1.82, 2.24) is 9.80 Å². The third-order valence-electron chi connectivity index (χ3n) is 5.34. The first kappa shape index (κ1) is 21.0. The van der Waals surface area contributed by atoms with Crippen molar-refractivity contribution >= 4 is 11.7 Å². The monoisotopic (exact) mass is 397 g/mol. The van der Waals surface area contributed by atoms with E-state index in [9.17, 15) is 4.79 Å². The zero-order valence-corrected chi connectivity index (χ0v) is 17.8. The number of hydrogen-bond donors (Lipinski definition) is 1. The van der Waals surface area contributed by atoms with Gasteiger partial charge in [-0.1, -0.05) is 38.1 Å². The SMILES string of the molecule is COc1ccc(CN2CCN(C(=O)Nc3ccccc3C(C)C)CC2)cc1OC. The number of carbonyl (C=O) groups excluding carboxylic acids is 1. The summed E-state index contributed by atoms with van der Waals surface area (Å²) in [7, 11) is 3.29. The molecule has 2 amide bonds. The van der Waals surface area contributed by atoms with Crippen LogP contribution in [0, 0.1) is 0 Å². The van der Waals surface area contributed by atoms with Gasteiger partial charge in [-0.3, -0.25) is 4.90 Å². The van der Waals surface area contributed by atoms with Crippen LogP contribution in [0.4, 0.5) is 10.5 Å². The van der Waals surface area contributed by atoms with E-state index >= 15 is 0 Å². The molecule has 156 valence electrons. The minimum absolute atomic E-state index is 0.0242. The number of hydrogen-bond acceptors (Lipinski definition) is 4. The molecule has 1 heterocycles. The molecule has 0 radical (unpaired) electrons. The first-order chi connectivity index (χ1) is 14.0. The molecule has 2 aromatic carbocycles. The van der Waals surface area contributed by atoms with E-state index < -0.39 is 0 Å². The fourth-order valence-electron chi connectivity index (χ4n) is 3.65. The van der Waals surface area contributed by atoms with E-state index in [0.717, 1.165) is 42.4 Å². The summed E-state index contributed by atoms with van der Waals surface area (Å²) in [6.07, 6.45) is 0. The van der Waals surface area contributed by atoms with Gasteiger partial charge in [-0.25, -0.2) is 4.79 Å². The van der Waals surface area contributed by atoms with Crippen LogP contribution in [0.2, 0.25) is 0 Å². The lowest BCUT2D eigenvalue weighted by molar-refractivity contribution is 0.143. The Hall–Kier alpha value is -2.73. The number of amides is 2. The Morgan fingerprint density at radius 2 is 1.69 bits per heavy atom. The summed E-state index contributed by atoms with van der Waals surface area (Å²) in [4.78, 5) is 17.0. The summed E-state index contributed by atoms with van der Waals surface area (Å²) in [6.45, 7) is 8.20. The van der Waals surface area contributed by atoms with Gasteiger partial charge in [0.25, 0.3) is 0 Å². The van der Waals surface area contributed by atoms with E-state index in [2.05, 4.69) is 36.2 Å². The Labute approximate surface area is 173 Å². The third-order valence-corrected chi connectivity index (χ3v) is 5.34. The van der Waals surface area contributed by atoms with Gasteiger partial charge in [-0.2, -0.15) is 0 Å². The lowest BCUT2D eigenvalue weighted by atomic mass is 10.0. The van der Waals surface area contributed by atoms with Crippen molar-refractivity contribution in [3.8, 4) is 11.5 Å². The summed E-state index contributed by atoms with van der Waals surface area (Å²) < 4.78 is 10.7. The Balaban J connectivity index is 1.55. The second-order valence-electron chi connectivity index (χ2n) is 7.62. The quantitative estimate of drug-likeness (QED) is 0.795. The molecular formula is C23H31N3O3. The molecule has 1 N–H and O–H groups in total. The van der Waals surface area contributed by atoms with E-state index in [4.69, 9.17) is 9.47 Å². The molecule has 3 rings (SSSR count). The van der Waals surface area contributed by atoms with Crippen molar-refractivity contribution in [2.45, 2.75) is 26.3 Å². The van der Waals surface area contributed by atoms with E-state index in [1.807, 2.05) is 35.2 Å². The molecule has 2 aromatic rings. The molecule has 0 unspecified atom stereocenters. The molecule has 0 aliphatic carbocycles. The number of piperazine rings is 1. The topological polar surface area (TPSA) is 54.0 Å². The average molecular weight is 398 g/mol.